The van der Waals surface area contributed by atoms with Gasteiger partial charge in [-0.3, -0.25) is 18.6 Å². The molecule has 0 aromatic carbocycles. The van der Waals surface area contributed by atoms with Crippen molar-refractivity contribution in [1.82, 2.24) is 0 Å². The van der Waals surface area contributed by atoms with Crippen molar-refractivity contribution in [1.29, 1.82) is 0 Å². The van der Waals surface area contributed by atoms with E-state index in [9.17, 15) is 19.0 Å². The van der Waals surface area contributed by atoms with E-state index in [2.05, 4.69) is 6.92 Å². The molecule has 0 aromatic rings. The van der Waals surface area contributed by atoms with Gasteiger partial charge >= 0.3 is 19.8 Å². The van der Waals surface area contributed by atoms with Crippen LogP contribution in [0.2, 0.25) is 0 Å². The first-order valence-electron chi connectivity index (χ1n) is 17.7. The van der Waals surface area contributed by atoms with Gasteiger partial charge in [0.2, 0.25) is 0 Å². The Hall–Kier alpha value is -0.990. The maximum absolute atomic E-state index is 12.3. The van der Waals surface area contributed by atoms with Crippen LogP contribution in [0.25, 0.3) is 0 Å². The molecule has 2 atom stereocenters. The number of phosphoric acid groups is 1. The van der Waals surface area contributed by atoms with Gasteiger partial charge in [0.05, 0.1) is 27.7 Å². The molecule has 0 aliphatic rings. The van der Waals surface area contributed by atoms with Crippen LogP contribution in [0.1, 0.15) is 155 Å². The predicted molar refractivity (Wildman–Crippen MR) is 178 cm³/mol. The highest BCUT2D eigenvalue weighted by Crippen LogP contribution is 2.43. The van der Waals surface area contributed by atoms with Crippen LogP contribution in [-0.2, 0) is 32.7 Å². The lowest BCUT2D eigenvalue weighted by Crippen LogP contribution is -2.37. The second kappa shape index (κ2) is 28.3. The van der Waals surface area contributed by atoms with Crippen molar-refractivity contribution in [2.75, 3.05) is 47.5 Å². The maximum Gasteiger partial charge on any atom is 0.472 e. The average molecular weight is 651 g/mol. The van der Waals surface area contributed by atoms with Crippen molar-refractivity contribution in [3.05, 3.63) is 0 Å². The normalized spacial score (nSPS) is 13.9. The molecule has 1 N–H and O–H groups in total. The second-order valence-electron chi connectivity index (χ2n) is 13.3. The Morgan fingerprint density at radius 2 is 1.07 bits per heavy atom. The minimum atomic E-state index is -4.32. The van der Waals surface area contributed by atoms with Crippen LogP contribution in [0.3, 0.4) is 0 Å². The molecule has 0 saturated heterocycles. The van der Waals surface area contributed by atoms with Gasteiger partial charge in [0, 0.05) is 13.3 Å². The number of carbonyl (C=O) groups is 2. The number of nitrogens with zero attached hydrogens (tertiary/aromatic N) is 1. The summed E-state index contributed by atoms with van der Waals surface area (Å²) in [5.74, 6) is -0.982. The molecule has 0 aliphatic carbocycles. The summed E-state index contributed by atoms with van der Waals surface area (Å²) in [4.78, 5) is 33.4. The molecular weight excluding hydrogens is 581 g/mol. The number of unbranched alkanes of at least 4 members (excludes halogenated alkanes) is 20. The van der Waals surface area contributed by atoms with E-state index in [1.807, 2.05) is 21.1 Å². The number of quaternary nitrogens is 1. The van der Waals surface area contributed by atoms with Crippen molar-refractivity contribution in [3.8, 4) is 0 Å². The number of likely N-dealkylation sites (N-methyl/N-ethyl adjacent to an activating group) is 1. The highest BCUT2D eigenvalue weighted by Gasteiger charge is 2.26. The first-order valence-corrected chi connectivity index (χ1v) is 19.2. The van der Waals surface area contributed by atoms with Crippen LogP contribution < -0.4 is 0 Å². The molecule has 0 heterocycles. The molecule has 44 heavy (non-hydrogen) atoms. The van der Waals surface area contributed by atoms with Gasteiger partial charge in [-0.1, -0.05) is 135 Å². The van der Waals surface area contributed by atoms with Crippen LogP contribution >= 0.6 is 7.82 Å². The summed E-state index contributed by atoms with van der Waals surface area (Å²) in [7, 11) is 1.48. The molecule has 0 bridgehead atoms. The molecule has 0 saturated carbocycles. The first-order chi connectivity index (χ1) is 20.9. The number of ether oxygens (including phenoxy) is 2. The molecule has 10 heteroatoms. The molecule has 262 valence electrons. The van der Waals surface area contributed by atoms with Gasteiger partial charge in [0.15, 0.2) is 6.10 Å². The van der Waals surface area contributed by atoms with Crippen LogP contribution in [-0.4, -0.2) is 74.9 Å². The van der Waals surface area contributed by atoms with E-state index in [1.54, 1.807) is 0 Å². The fraction of sp³-hybridized carbons (Fsp3) is 0.941. The summed E-state index contributed by atoms with van der Waals surface area (Å²) in [6.07, 6.45) is 26.6. The fourth-order valence-corrected chi connectivity index (χ4v) is 5.66. The smallest absolute Gasteiger partial charge is 0.462 e. The number of hydrogen-bond donors (Lipinski definition) is 1. The molecule has 0 aromatic heterocycles. The highest BCUT2D eigenvalue weighted by atomic mass is 31.2. The molecular formula is C34H69NO8P+. The topological polar surface area (TPSA) is 108 Å². The van der Waals surface area contributed by atoms with E-state index < -0.39 is 32.5 Å². The van der Waals surface area contributed by atoms with E-state index in [-0.39, 0.29) is 19.6 Å². The summed E-state index contributed by atoms with van der Waals surface area (Å²) in [5.41, 5.74) is 0. The molecule has 0 aliphatic heterocycles. The van der Waals surface area contributed by atoms with Gasteiger partial charge in [-0.15, -0.1) is 0 Å². The zero-order chi connectivity index (χ0) is 32.9. The Morgan fingerprint density at radius 3 is 1.45 bits per heavy atom. The van der Waals surface area contributed by atoms with E-state index in [4.69, 9.17) is 18.5 Å². The lowest BCUT2D eigenvalue weighted by molar-refractivity contribution is -0.870. The molecule has 2 unspecified atom stereocenters. The summed E-state index contributed by atoms with van der Waals surface area (Å²) in [5, 5.41) is 0. The van der Waals surface area contributed by atoms with Crippen molar-refractivity contribution >= 4 is 19.8 Å². The summed E-state index contributed by atoms with van der Waals surface area (Å²) in [6.45, 7) is 3.41. The maximum atomic E-state index is 12.3. The lowest BCUT2D eigenvalue weighted by Gasteiger charge is -2.24. The van der Waals surface area contributed by atoms with Crippen LogP contribution in [0, 0.1) is 0 Å². The molecule has 9 nitrogen and oxygen atoms in total. The van der Waals surface area contributed by atoms with E-state index in [1.165, 1.54) is 122 Å². The SMILES string of the molecule is CCCCCCCCCCCCCCCCCCCCCCCC(=O)OC(COC(C)=O)COP(=O)(O)OCC[N+](C)(C)C. The number of carbonyl (C=O) groups excluding carboxylic acids is 2. The summed E-state index contributed by atoms with van der Waals surface area (Å²) >= 11 is 0. The van der Waals surface area contributed by atoms with Crippen molar-refractivity contribution in [3.63, 3.8) is 0 Å². The minimum absolute atomic E-state index is 0.0329. The summed E-state index contributed by atoms with van der Waals surface area (Å²) < 4.78 is 33.0. The monoisotopic (exact) mass is 650 g/mol. The van der Waals surface area contributed by atoms with Crippen LogP contribution in [0.5, 0.6) is 0 Å². The Balaban J connectivity index is 3.78. The van der Waals surface area contributed by atoms with E-state index in [0.29, 0.717) is 17.4 Å². The zero-order valence-corrected chi connectivity index (χ0v) is 30.1. The van der Waals surface area contributed by atoms with E-state index in [0.717, 1.165) is 12.8 Å². The quantitative estimate of drug-likeness (QED) is 0.0333. The molecule has 0 radical (unpaired) electrons. The van der Waals surface area contributed by atoms with Crippen molar-refractivity contribution in [2.45, 2.75) is 161 Å². The molecule has 0 amide bonds. The zero-order valence-electron chi connectivity index (χ0n) is 29.2. The lowest BCUT2D eigenvalue weighted by atomic mass is 10.0. The Bertz CT molecular complexity index is 743. The Morgan fingerprint density at radius 1 is 0.659 bits per heavy atom. The fourth-order valence-electron chi connectivity index (χ4n) is 4.92. The average Bonchev–Trinajstić information content (AvgIpc) is 2.94. The highest BCUT2D eigenvalue weighted by molar-refractivity contribution is 7.47. The van der Waals surface area contributed by atoms with Crippen LogP contribution in [0.15, 0.2) is 0 Å². The number of rotatable bonds is 32. The van der Waals surface area contributed by atoms with Crippen molar-refractivity contribution in [2.24, 2.45) is 0 Å². The van der Waals surface area contributed by atoms with Gasteiger partial charge < -0.3 is 18.9 Å². The summed E-state index contributed by atoms with van der Waals surface area (Å²) in [6, 6.07) is 0. The number of esters is 2. The molecule has 0 spiro atoms. The standard InChI is InChI=1S/C34H68NO8P/c1-6-7-8-9-10-11-12-13-14-15-16-17-18-19-20-21-22-23-24-25-26-27-34(37)43-33(30-40-32(2)36)31-42-44(38,39)41-29-28-35(3,4)5/h33H,6-31H2,1-5H3/p+1. The van der Waals surface area contributed by atoms with Gasteiger partial charge in [-0.2, -0.15) is 0 Å². The van der Waals surface area contributed by atoms with Gasteiger partial charge in [0.1, 0.15) is 19.8 Å². The third-order valence-electron chi connectivity index (χ3n) is 7.70. The number of phosphoric ester groups is 1. The Kier molecular flexibility index (Phi) is 27.6. The third kappa shape index (κ3) is 32.4. The number of hydrogen-bond acceptors (Lipinski definition) is 7. The van der Waals surface area contributed by atoms with Gasteiger partial charge in [-0.25, -0.2) is 4.57 Å². The van der Waals surface area contributed by atoms with E-state index >= 15 is 0 Å². The van der Waals surface area contributed by atoms with Crippen molar-refractivity contribution < 1.29 is 42.1 Å². The minimum Gasteiger partial charge on any atom is -0.462 e. The van der Waals surface area contributed by atoms with Gasteiger partial charge in [-0.05, 0) is 6.42 Å². The molecule has 0 rings (SSSR count). The third-order valence-corrected chi connectivity index (χ3v) is 8.68. The first kappa shape index (κ1) is 43.0. The molecule has 0 fully saturated rings. The van der Waals surface area contributed by atoms with Gasteiger partial charge in [0.25, 0.3) is 0 Å². The largest absolute Gasteiger partial charge is 0.472 e. The Labute approximate surface area is 270 Å². The second-order valence-corrected chi connectivity index (χ2v) is 14.8. The predicted octanol–water partition coefficient (Wildman–Crippen LogP) is 8.90. The van der Waals surface area contributed by atoms with Crippen LogP contribution in [0.4, 0.5) is 0 Å².